The first-order valence-electron chi connectivity index (χ1n) is 7.58. The van der Waals surface area contributed by atoms with E-state index in [4.69, 9.17) is 10.5 Å². The van der Waals surface area contributed by atoms with E-state index in [2.05, 4.69) is 36.6 Å². The molecule has 2 N–H and O–H groups in total. The number of fused-ring (bicyclic) bond motifs is 1. The van der Waals surface area contributed by atoms with Crippen LogP contribution in [0.2, 0.25) is 0 Å². The van der Waals surface area contributed by atoms with Gasteiger partial charge >= 0.3 is 0 Å². The second-order valence-electron chi connectivity index (χ2n) is 5.87. The summed E-state index contributed by atoms with van der Waals surface area (Å²) in [5.74, 6) is 0.770. The van der Waals surface area contributed by atoms with E-state index in [0.717, 1.165) is 25.4 Å². The first-order valence-corrected chi connectivity index (χ1v) is 8.46. The summed E-state index contributed by atoms with van der Waals surface area (Å²) >= 11 is 1.83. The van der Waals surface area contributed by atoms with E-state index in [9.17, 15) is 0 Å². The van der Waals surface area contributed by atoms with Gasteiger partial charge in [-0.3, -0.25) is 0 Å². The summed E-state index contributed by atoms with van der Waals surface area (Å²) in [4.78, 5) is 0. The molecule has 0 saturated heterocycles. The normalized spacial score (nSPS) is 23.7. The SMILES string of the molecule is CCOC1CC(CC(N)Cc2csc3ccccc23)C1. The molecule has 0 bridgehead atoms. The molecule has 0 amide bonds. The van der Waals surface area contributed by atoms with Crippen molar-refractivity contribution < 1.29 is 4.74 Å². The summed E-state index contributed by atoms with van der Waals surface area (Å²) in [5, 5.41) is 3.66. The maximum absolute atomic E-state index is 6.35. The largest absolute Gasteiger partial charge is 0.378 e. The van der Waals surface area contributed by atoms with Crippen LogP contribution in [-0.2, 0) is 11.2 Å². The van der Waals surface area contributed by atoms with Crippen molar-refractivity contribution in [2.75, 3.05) is 6.61 Å². The molecule has 1 unspecified atom stereocenters. The third-order valence-corrected chi connectivity index (χ3v) is 5.29. The van der Waals surface area contributed by atoms with Crippen molar-refractivity contribution in [3.8, 4) is 0 Å². The summed E-state index contributed by atoms with van der Waals surface area (Å²) < 4.78 is 6.98. The number of hydrogen-bond acceptors (Lipinski definition) is 3. The molecule has 1 fully saturated rings. The number of thiophene rings is 1. The topological polar surface area (TPSA) is 35.2 Å². The van der Waals surface area contributed by atoms with Crippen LogP contribution in [0.4, 0.5) is 0 Å². The molecule has 0 spiro atoms. The van der Waals surface area contributed by atoms with Gasteiger partial charge in [0.1, 0.15) is 0 Å². The zero-order chi connectivity index (χ0) is 13.9. The Labute approximate surface area is 124 Å². The fourth-order valence-corrected chi connectivity index (χ4v) is 4.20. The second kappa shape index (κ2) is 6.25. The van der Waals surface area contributed by atoms with Crippen LogP contribution in [0.1, 0.15) is 31.7 Å². The van der Waals surface area contributed by atoms with Crippen LogP contribution in [0.5, 0.6) is 0 Å². The van der Waals surface area contributed by atoms with Gasteiger partial charge in [0.15, 0.2) is 0 Å². The molecule has 2 nitrogen and oxygen atoms in total. The van der Waals surface area contributed by atoms with E-state index in [1.807, 2.05) is 11.3 Å². The van der Waals surface area contributed by atoms with Crippen molar-refractivity contribution in [2.24, 2.45) is 11.7 Å². The highest BCUT2D eigenvalue weighted by molar-refractivity contribution is 7.17. The van der Waals surface area contributed by atoms with E-state index in [1.165, 1.54) is 28.5 Å². The number of rotatable bonds is 6. The smallest absolute Gasteiger partial charge is 0.0580 e. The lowest BCUT2D eigenvalue weighted by Gasteiger charge is -2.36. The third-order valence-electron chi connectivity index (χ3n) is 4.27. The molecule has 1 saturated carbocycles. The molecule has 3 heteroatoms. The zero-order valence-electron chi connectivity index (χ0n) is 12.0. The Bertz CT molecular complexity index is 559. The average Bonchev–Trinajstić information content (AvgIpc) is 2.80. The molecule has 1 aliphatic carbocycles. The van der Waals surface area contributed by atoms with Crippen LogP contribution in [0.3, 0.4) is 0 Å². The molecule has 1 atom stereocenters. The van der Waals surface area contributed by atoms with E-state index < -0.39 is 0 Å². The first kappa shape index (κ1) is 14.1. The highest BCUT2D eigenvalue weighted by Gasteiger charge is 2.30. The average molecular weight is 289 g/mol. The van der Waals surface area contributed by atoms with Crippen molar-refractivity contribution in [2.45, 2.75) is 44.8 Å². The Kier molecular flexibility index (Phi) is 4.39. The van der Waals surface area contributed by atoms with Crippen molar-refractivity contribution in [1.29, 1.82) is 0 Å². The minimum absolute atomic E-state index is 0.278. The summed E-state index contributed by atoms with van der Waals surface area (Å²) in [6.07, 6.45) is 5.03. The minimum atomic E-state index is 0.278. The summed E-state index contributed by atoms with van der Waals surface area (Å²) in [5.41, 5.74) is 7.77. The molecule has 108 valence electrons. The van der Waals surface area contributed by atoms with Crippen LogP contribution in [0, 0.1) is 5.92 Å². The third kappa shape index (κ3) is 3.05. The van der Waals surface area contributed by atoms with Gasteiger partial charge in [0.2, 0.25) is 0 Å². The van der Waals surface area contributed by atoms with Crippen LogP contribution in [0.25, 0.3) is 10.1 Å². The maximum atomic E-state index is 6.35. The number of nitrogens with two attached hydrogens (primary N) is 1. The number of hydrogen-bond donors (Lipinski definition) is 1. The Hall–Kier alpha value is -0.900. The highest BCUT2D eigenvalue weighted by atomic mass is 32.1. The van der Waals surface area contributed by atoms with Gasteiger partial charge in [-0.1, -0.05) is 18.2 Å². The maximum Gasteiger partial charge on any atom is 0.0580 e. The Morgan fingerprint density at radius 3 is 2.95 bits per heavy atom. The highest BCUT2D eigenvalue weighted by Crippen LogP contribution is 2.34. The molecule has 3 rings (SSSR count). The Morgan fingerprint density at radius 1 is 1.35 bits per heavy atom. The van der Waals surface area contributed by atoms with Gasteiger partial charge in [-0.2, -0.15) is 0 Å². The monoisotopic (exact) mass is 289 g/mol. The molecule has 0 radical (unpaired) electrons. The Morgan fingerprint density at radius 2 is 2.15 bits per heavy atom. The number of benzene rings is 1. The van der Waals surface area contributed by atoms with Crippen LogP contribution in [-0.4, -0.2) is 18.8 Å². The van der Waals surface area contributed by atoms with E-state index >= 15 is 0 Å². The van der Waals surface area contributed by atoms with Crippen molar-refractivity contribution in [1.82, 2.24) is 0 Å². The predicted molar refractivity (Wildman–Crippen MR) is 86.3 cm³/mol. The molecule has 1 aliphatic rings. The number of ether oxygens (including phenoxy) is 1. The van der Waals surface area contributed by atoms with E-state index in [0.29, 0.717) is 6.10 Å². The van der Waals surface area contributed by atoms with Crippen molar-refractivity contribution in [3.63, 3.8) is 0 Å². The fourth-order valence-electron chi connectivity index (χ4n) is 3.22. The predicted octanol–water partition coefficient (Wildman–Crippen LogP) is 3.98. The second-order valence-corrected chi connectivity index (χ2v) is 6.78. The van der Waals surface area contributed by atoms with E-state index in [1.54, 1.807) is 0 Å². The van der Waals surface area contributed by atoms with Crippen LogP contribution < -0.4 is 5.73 Å². The standard InChI is InChI=1S/C17H23NOS/c1-2-19-15-8-12(9-15)7-14(18)10-13-11-20-17-6-4-3-5-16(13)17/h3-6,11-12,14-15H,2,7-10,18H2,1H3. The molecular formula is C17H23NOS. The van der Waals surface area contributed by atoms with Gasteiger partial charge in [0.05, 0.1) is 6.10 Å². The van der Waals surface area contributed by atoms with Gasteiger partial charge in [-0.05, 0) is 60.9 Å². The first-order chi connectivity index (χ1) is 9.76. The van der Waals surface area contributed by atoms with Gasteiger partial charge in [0.25, 0.3) is 0 Å². The lowest BCUT2D eigenvalue weighted by molar-refractivity contribution is -0.0280. The fraction of sp³-hybridized carbons (Fsp3) is 0.529. The lowest BCUT2D eigenvalue weighted by atomic mass is 9.77. The molecule has 2 aromatic rings. The van der Waals surface area contributed by atoms with Crippen molar-refractivity contribution in [3.05, 3.63) is 35.2 Å². The van der Waals surface area contributed by atoms with Gasteiger partial charge < -0.3 is 10.5 Å². The van der Waals surface area contributed by atoms with Crippen molar-refractivity contribution >= 4 is 21.4 Å². The molecule has 1 aromatic carbocycles. The van der Waals surface area contributed by atoms with Gasteiger partial charge in [0, 0.05) is 17.3 Å². The van der Waals surface area contributed by atoms with Gasteiger partial charge in [-0.25, -0.2) is 0 Å². The minimum Gasteiger partial charge on any atom is -0.378 e. The van der Waals surface area contributed by atoms with Crippen LogP contribution in [0.15, 0.2) is 29.6 Å². The Balaban J connectivity index is 1.53. The van der Waals surface area contributed by atoms with E-state index in [-0.39, 0.29) is 6.04 Å². The summed E-state index contributed by atoms with van der Waals surface area (Å²) in [6, 6.07) is 8.89. The quantitative estimate of drug-likeness (QED) is 0.873. The summed E-state index contributed by atoms with van der Waals surface area (Å²) in [6.45, 7) is 2.91. The molecule has 0 aliphatic heterocycles. The van der Waals surface area contributed by atoms with Gasteiger partial charge in [-0.15, -0.1) is 11.3 Å². The molecular weight excluding hydrogens is 266 g/mol. The summed E-state index contributed by atoms with van der Waals surface area (Å²) in [7, 11) is 0. The molecule has 1 heterocycles. The molecule has 20 heavy (non-hydrogen) atoms. The zero-order valence-corrected chi connectivity index (χ0v) is 12.9. The molecule has 1 aromatic heterocycles. The lowest BCUT2D eigenvalue weighted by Crippen LogP contribution is -2.36. The van der Waals surface area contributed by atoms with Crippen LogP contribution >= 0.6 is 11.3 Å².